The fourth-order valence-corrected chi connectivity index (χ4v) is 2.40. The molecule has 0 saturated heterocycles. The van der Waals surface area contributed by atoms with Crippen LogP contribution >= 0.6 is 12.2 Å². The fraction of sp³-hybridized carbons (Fsp3) is 0.300. The number of ether oxygens (including phenoxy) is 2. The van der Waals surface area contributed by atoms with E-state index in [4.69, 9.17) is 21.7 Å². The number of thiocarbonyl (C=S) groups is 1. The molecule has 2 aromatic carbocycles. The fourth-order valence-electron chi connectivity index (χ4n) is 2.19. The van der Waals surface area contributed by atoms with Crippen LogP contribution in [0.3, 0.4) is 0 Å². The number of carbonyl (C=O) groups is 1. The van der Waals surface area contributed by atoms with Crippen LogP contribution < -0.4 is 20.1 Å². The number of methoxy groups -OCH3 is 1. The minimum absolute atomic E-state index is 0.220. The Morgan fingerprint density at radius 2 is 1.81 bits per heavy atom. The second kappa shape index (κ2) is 9.77. The summed E-state index contributed by atoms with van der Waals surface area (Å²) in [5, 5.41) is 5.88. The monoisotopic (exact) mass is 372 g/mol. The highest BCUT2D eigenvalue weighted by Crippen LogP contribution is 2.19. The van der Waals surface area contributed by atoms with E-state index in [-0.39, 0.29) is 11.0 Å². The Morgan fingerprint density at radius 3 is 2.46 bits per heavy atom. The van der Waals surface area contributed by atoms with Crippen molar-refractivity contribution in [3.63, 3.8) is 0 Å². The highest BCUT2D eigenvalue weighted by Gasteiger charge is 2.13. The number of nitrogens with one attached hydrogen (secondary N) is 2. The van der Waals surface area contributed by atoms with Gasteiger partial charge in [0.05, 0.1) is 19.3 Å². The first-order valence-corrected chi connectivity index (χ1v) is 8.88. The lowest BCUT2D eigenvalue weighted by molar-refractivity contribution is 0.0973. The van der Waals surface area contributed by atoms with Crippen molar-refractivity contribution in [1.29, 1.82) is 0 Å². The van der Waals surface area contributed by atoms with Crippen molar-refractivity contribution in [3.8, 4) is 11.5 Å². The molecule has 0 aliphatic rings. The Labute approximate surface area is 159 Å². The lowest BCUT2D eigenvalue weighted by atomic mass is 10.1. The number of amides is 1. The van der Waals surface area contributed by atoms with E-state index < -0.39 is 0 Å². The number of hydrogen-bond donors (Lipinski definition) is 2. The predicted octanol–water partition coefficient (Wildman–Crippen LogP) is 4.25. The van der Waals surface area contributed by atoms with Crippen LogP contribution in [0.4, 0.5) is 5.69 Å². The summed E-state index contributed by atoms with van der Waals surface area (Å²) in [5.74, 6) is 1.53. The molecule has 0 saturated carbocycles. The molecule has 0 radical (unpaired) electrons. The van der Waals surface area contributed by atoms with Crippen molar-refractivity contribution in [3.05, 3.63) is 54.1 Å². The quantitative estimate of drug-likeness (QED) is 0.712. The van der Waals surface area contributed by atoms with Crippen molar-refractivity contribution in [2.45, 2.75) is 20.3 Å². The van der Waals surface area contributed by atoms with Crippen LogP contribution in [-0.4, -0.2) is 24.7 Å². The van der Waals surface area contributed by atoms with Crippen LogP contribution in [0.5, 0.6) is 11.5 Å². The van der Waals surface area contributed by atoms with Crippen molar-refractivity contribution in [1.82, 2.24) is 5.32 Å². The van der Waals surface area contributed by atoms with Gasteiger partial charge in [0, 0.05) is 5.69 Å². The molecule has 138 valence electrons. The first-order chi connectivity index (χ1) is 12.5. The summed E-state index contributed by atoms with van der Waals surface area (Å²) in [5.41, 5.74) is 1.22. The minimum atomic E-state index is -0.309. The number of para-hydroxylation sites is 1. The van der Waals surface area contributed by atoms with E-state index in [1.165, 1.54) is 0 Å². The third-order valence-electron chi connectivity index (χ3n) is 3.66. The maximum Gasteiger partial charge on any atom is 0.261 e. The summed E-state index contributed by atoms with van der Waals surface area (Å²) in [4.78, 5) is 12.5. The van der Waals surface area contributed by atoms with E-state index in [1.807, 2.05) is 30.3 Å². The third-order valence-corrected chi connectivity index (χ3v) is 3.86. The summed E-state index contributed by atoms with van der Waals surface area (Å²) in [6.45, 7) is 4.83. The van der Waals surface area contributed by atoms with E-state index in [0.717, 1.165) is 17.9 Å². The molecule has 26 heavy (non-hydrogen) atoms. The average molecular weight is 372 g/mol. The minimum Gasteiger partial charge on any atom is -0.497 e. The molecule has 5 nitrogen and oxygen atoms in total. The van der Waals surface area contributed by atoms with Gasteiger partial charge in [-0.2, -0.15) is 0 Å². The molecule has 0 unspecified atom stereocenters. The van der Waals surface area contributed by atoms with E-state index in [9.17, 15) is 4.79 Å². The maximum absolute atomic E-state index is 12.5. The molecule has 0 bridgehead atoms. The van der Waals surface area contributed by atoms with Crippen LogP contribution in [0.15, 0.2) is 48.5 Å². The molecule has 0 spiro atoms. The van der Waals surface area contributed by atoms with Gasteiger partial charge in [-0.1, -0.05) is 26.0 Å². The van der Waals surface area contributed by atoms with Crippen molar-refractivity contribution in [2.75, 3.05) is 19.0 Å². The van der Waals surface area contributed by atoms with Gasteiger partial charge in [0.2, 0.25) is 0 Å². The molecular weight excluding hydrogens is 348 g/mol. The molecule has 0 aliphatic heterocycles. The van der Waals surface area contributed by atoms with Crippen LogP contribution in [0.2, 0.25) is 0 Å². The lowest BCUT2D eigenvalue weighted by Crippen LogP contribution is -2.34. The first-order valence-electron chi connectivity index (χ1n) is 8.48. The van der Waals surface area contributed by atoms with Crippen LogP contribution in [0.1, 0.15) is 30.6 Å². The van der Waals surface area contributed by atoms with E-state index in [0.29, 0.717) is 23.8 Å². The zero-order valence-corrected chi connectivity index (χ0v) is 16.1. The van der Waals surface area contributed by atoms with Crippen LogP contribution in [0, 0.1) is 5.92 Å². The molecule has 2 rings (SSSR count). The zero-order chi connectivity index (χ0) is 18.9. The van der Waals surface area contributed by atoms with Gasteiger partial charge in [0.15, 0.2) is 5.11 Å². The number of rotatable bonds is 7. The normalized spacial score (nSPS) is 10.3. The second-order valence-corrected chi connectivity index (χ2v) is 6.57. The zero-order valence-electron chi connectivity index (χ0n) is 15.2. The van der Waals surface area contributed by atoms with Crippen molar-refractivity contribution >= 4 is 28.9 Å². The molecular formula is C20H24N2O3S. The maximum atomic E-state index is 12.5. The van der Waals surface area contributed by atoms with Crippen LogP contribution in [0.25, 0.3) is 0 Å². The van der Waals surface area contributed by atoms with E-state index in [1.54, 1.807) is 25.3 Å². The Morgan fingerprint density at radius 1 is 1.12 bits per heavy atom. The van der Waals surface area contributed by atoms with E-state index >= 15 is 0 Å². The third kappa shape index (κ3) is 6.04. The van der Waals surface area contributed by atoms with Gasteiger partial charge in [0.25, 0.3) is 5.91 Å². The Hall–Kier alpha value is -2.60. The molecule has 0 atom stereocenters. The molecule has 0 heterocycles. The molecule has 0 fully saturated rings. The molecule has 2 aromatic rings. The second-order valence-electron chi connectivity index (χ2n) is 6.16. The van der Waals surface area contributed by atoms with Gasteiger partial charge >= 0.3 is 0 Å². The smallest absolute Gasteiger partial charge is 0.261 e. The SMILES string of the molecule is COc1ccc(NC(=S)NC(=O)c2ccccc2OCCC(C)C)cc1. The van der Waals surface area contributed by atoms with E-state index in [2.05, 4.69) is 24.5 Å². The standard InChI is InChI=1S/C20H24N2O3S/c1-14(2)12-13-25-18-7-5-4-6-17(18)19(23)22-20(26)21-15-8-10-16(24-3)11-9-15/h4-11,14H,12-13H2,1-3H3,(H2,21,22,23,26). The van der Waals surface area contributed by atoms with Gasteiger partial charge in [0.1, 0.15) is 11.5 Å². The summed E-state index contributed by atoms with van der Waals surface area (Å²) in [6, 6.07) is 14.4. The Bertz CT molecular complexity index is 745. The summed E-state index contributed by atoms with van der Waals surface area (Å²) >= 11 is 5.22. The summed E-state index contributed by atoms with van der Waals surface area (Å²) in [6.07, 6.45) is 0.924. The molecule has 0 aliphatic carbocycles. The van der Waals surface area contributed by atoms with Gasteiger partial charge < -0.3 is 14.8 Å². The highest BCUT2D eigenvalue weighted by atomic mass is 32.1. The predicted molar refractivity (Wildman–Crippen MR) is 108 cm³/mol. The lowest BCUT2D eigenvalue weighted by Gasteiger charge is -2.14. The summed E-state index contributed by atoms with van der Waals surface area (Å²) in [7, 11) is 1.61. The molecule has 6 heteroatoms. The highest BCUT2D eigenvalue weighted by molar-refractivity contribution is 7.80. The molecule has 1 amide bonds. The van der Waals surface area contributed by atoms with Gasteiger partial charge in [-0.15, -0.1) is 0 Å². The van der Waals surface area contributed by atoms with Crippen LogP contribution in [-0.2, 0) is 0 Å². The summed E-state index contributed by atoms with van der Waals surface area (Å²) < 4.78 is 10.9. The Balaban J connectivity index is 1.96. The van der Waals surface area contributed by atoms with Gasteiger partial charge in [-0.25, -0.2) is 0 Å². The molecule has 2 N–H and O–H groups in total. The average Bonchev–Trinajstić information content (AvgIpc) is 2.62. The largest absolute Gasteiger partial charge is 0.497 e. The van der Waals surface area contributed by atoms with Crippen molar-refractivity contribution in [2.24, 2.45) is 5.92 Å². The van der Waals surface area contributed by atoms with Gasteiger partial charge in [-0.3, -0.25) is 10.1 Å². The van der Waals surface area contributed by atoms with Crippen molar-refractivity contribution < 1.29 is 14.3 Å². The van der Waals surface area contributed by atoms with Gasteiger partial charge in [-0.05, 0) is 61.0 Å². The topological polar surface area (TPSA) is 59.6 Å². The Kier molecular flexibility index (Phi) is 7.41. The number of benzene rings is 2. The number of anilines is 1. The number of carbonyl (C=O) groups excluding carboxylic acids is 1. The number of hydrogen-bond acceptors (Lipinski definition) is 4. The first kappa shape index (κ1) is 19.7. The molecule has 0 aromatic heterocycles.